The van der Waals surface area contributed by atoms with Crippen molar-refractivity contribution in [2.45, 2.75) is 5.03 Å². The molecule has 0 radical (unpaired) electrons. The third-order valence-electron chi connectivity index (χ3n) is 2.45. The van der Waals surface area contributed by atoms with Gasteiger partial charge in [-0.2, -0.15) is 5.26 Å². The van der Waals surface area contributed by atoms with Crippen LogP contribution in [0.3, 0.4) is 0 Å². The Labute approximate surface area is 125 Å². The molecule has 1 aromatic carbocycles. The largest absolute Gasteiger partial charge is 0.481 e. The van der Waals surface area contributed by atoms with Crippen molar-refractivity contribution in [3.05, 3.63) is 47.0 Å². The maximum absolute atomic E-state index is 10.6. The van der Waals surface area contributed by atoms with Crippen molar-refractivity contribution in [2.24, 2.45) is 0 Å². The van der Waals surface area contributed by atoms with Crippen LogP contribution in [-0.4, -0.2) is 21.8 Å². The minimum atomic E-state index is -0.947. The lowest BCUT2D eigenvalue weighted by Gasteiger charge is -2.05. The molecule has 0 fully saturated rings. The molecule has 1 heterocycles. The van der Waals surface area contributed by atoms with Crippen molar-refractivity contribution in [1.29, 1.82) is 5.26 Å². The second-order valence-electron chi connectivity index (χ2n) is 3.85. The van der Waals surface area contributed by atoms with Crippen molar-refractivity contribution >= 4 is 29.3 Å². The number of aliphatic carboxylic acids is 1. The van der Waals surface area contributed by atoms with E-state index in [1.54, 1.807) is 24.3 Å². The standard InChI is InChI=1S/C14H9ClN2O2S/c15-11-4-1-9(2-5-11)12-6-3-10(7-16)14(17-12)20-8-13(18)19/h1-6H,8H2,(H,18,19). The Morgan fingerprint density at radius 3 is 2.60 bits per heavy atom. The fourth-order valence-electron chi connectivity index (χ4n) is 1.55. The smallest absolute Gasteiger partial charge is 0.313 e. The average molecular weight is 305 g/mol. The third-order valence-corrected chi connectivity index (χ3v) is 3.68. The van der Waals surface area contributed by atoms with Crippen molar-refractivity contribution in [1.82, 2.24) is 4.98 Å². The van der Waals surface area contributed by atoms with Gasteiger partial charge in [0.1, 0.15) is 11.1 Å². The van der Waals surface area contributed by atoms with Gasteiger partial charge in [0.05, 0.1) is 17.0 Å². The lowest BCUT2D eigenvalue weighted by atomic mass is 10.1. The number of aromatic nitrogens is 1. The quantitative estimate of drug-likeness (QED) is 0.876. The molecule has 6 heteroatoms. The molecule has 0 aliphatic rings. The summed E-state index contributed by atoms with van der Waals surface area (Å²) in [6.45, 7) is 0. The number of carbonyl (C=O) groups is 1. The second kappa shape index (κ2) is 6.42. The van der Waals surface area contributed by atoms with E-state index in [0.29, 0.717) is 21.3 Å². The maximum atomic E-state index is 10.6. The predicted molar refractivity (Wildman–Crippen MR) is 77.8 cm³/mol. The van der Waals surface area contributed by atoms with E-state index in [1.807, 2.05) is 18.2 Å². The Hall–Kier alpha value is -2.03. The van der Waals surface area contributed by atoms with E-state index in [-0.39, 0.29) is 5.75 Å². The maximum Gasteiger partial charge on any atom is 0.313 e. The van der Waals surface area contributed by atoms with Crippen LogP contribution in [0.25, 0.3) is 11.3 Å². The predicted octanol–water partition coefficient (Wildman–Crippen LogP) is 3.45. The molecule has 0 atom stereocenters. The first-order chi connectivity index (χ1) is 9.60. The number of benzene rings is 1. The molecule has 2 rings (SSSR count). The molecule has 1 N–H and O–H groups in total. The van der Waals surface area contributed by atoms with Gasteiger partial charge in [-0.05, 0) is 24.3 Å². The molecule has 0 spiro atoms. The Morgan fingerprint density at radius 2 is 2.00 bits per heavy atom. The molecular formula is C14H9ClN2O2S. The molecule has 100 valence electrons. The van der Waals surface area contributed by atoms with Crippen LogP contribution in [-0.2, 0) is 4.79 Å². The van der Waals surface area contributed by atoms with Crippen LogP contribution in [0.15, 0.2) is 41.4 Å². The highest BCUT2D eigenvalue weighted by Crippen LogP contribution is 2.26. The van der Waals surface area contributed by atoms with Gasteiger partial charge in [-0.25, -0.2) is 4.98 Å². The SMILES string of the molecule is N#Cc1ccc(-c2ccc(Cl)cc2)nc1SCC(=O)O. The molecule has 0 aliphatic heterocycles. The van der Waals surface area contributed by atoms with E-state index in [1.165, 1.54) is 0 Å². The molecule has 0 aliphatic carbocycles. The van der Waals surface area contributed by atoms with Crippen molar-refractivity contribution in [3.63, 3.8) is 0 Å². The Balaban J connectivity index is 2.36. The first-order valence-electron chi connectivity index (χ1n) is 5.62. The molecule has 0 bridgehead atoms. The summed E-state index contributed by atoms with van der Waals surface area (Å²) in [6, 6.07) is 12.5. The van der Waals surface area contributed by atoms with E-state index in [2.05, 4.69) is 4.98 Å². The van der Waals surface area contributed by atoms with E-state index in [0.717, 1.165) is 17.3 Å². The van der Waals surface area contributed by atoms with Crippen molar-refractivity contribution in [2.75, 3.05) is 5.75 Å². The van der Waals surface area contributed by atoms with Crippen LogP contribution in [0, 0.1) is 11.3 Å². The Kier molecular flexibility index (Phi) is 4.61. The zero-order chi connectivity index (χ0) is 14.5. The molecule has 4 nitrogen and oxygen atoms in total. The zero-order valence-electron chi connectivity index (χ0n) is 10.2. The van der Waals surface area contributed by atoms with E-state index < -0.39 is 5.97 Å². The molecular weight excluding hydrogens is 296 g/mol. The van der Waals surface area contributed by atoms with E-state index in [4.69, 9.17) is 22.0 Å². The van der Waals surface area contributed by atoms with Gasteiger partial charge in [-0.3, -0.25) is 4.79 Å². The number of carboxylic acid groups (broad SMARTS) is 1. The average Bonchev–Trinajstić information content (AvgIpc) is 2.45. The highest BCUT2D eigenvalue weighted by atomic mass is 35.5. The number of hydrogen-bond acceptors (Lipinski definition) is 4. The fraction of sp³-hybridized carbons (Fsp3) is 0.0714. The molecule has 0 saturated carbocycles. The van der Waals surface area contributed by atoms with Gasteiger partial charge in [0, 0.05) is 10.6 Å². The van der Waals surface area contributed by atoms with Crippen LogP contribution in [0.1, 0.15) is 5.56 Å². The van der Waals surface area contributed by atoms with Gasteiger partial charge in [0.2, 0.25) is 0 Å². The van der Waals surface area contributed by atoms with Crippen LogP contribution < -0.4 is 0 Å². The van der Waals surface area contributed by atoms with Crippen molar-refractivity contribution in [3.8, 4) is 17.3 Å². The lowest BCUT2D eigenvalue weighted by Crippen LogP contribution is -1.99. The highest BCUT2D eigenvalue weighted by Gasteiger charge is 2.09. The number of hydrogen-bond donors (Lipinski definition) is 1. The van der Waals surface area contributed by atoms with Gasteiger partial charge in [-0.1, -0.05) is 35.5 Å². The number of pyridine rings is 1. The van der Waals surface area contributed by atoms with Gasteiger partial charge in [0.15, 0.2) is 0 Å². The first kappa shape index (κ1) is 14.4. The minimum Gasteiger partial charge on any atom is -0.481 e. The van der Waals surface area contributed by atoms with Crippen LogP contribution in [0.5, 0.6) is 0 Å². The topological polar surface area (TPSA) is 74.0 Å². The van der Waals surface area contributed by atoms with Gasteiger partial charge < -0.3 is 5.11 Å². The fourth-order valence-corrected chi connectivity index (χ4v) is 2.37. The number of nitriles is 1. The lowest BCUT2D eigenvalue weighted by molar-refractivity contribution is -0.133. The van der Waals surface area contributed by atoms with Gasteiger partial charge in [0.25, 0.3) is 0 Å². The van der Waals surface area contributed by atoms with Crippen LogP contribution >= 0.6 is 23.4 Å². The summed E-state index contributed by atoms with van der Waals surface area (Å²) in [5, 5.41) is 18.8. The van der Waals surface area contributed by atoms with Crippen LogP contribution in [0.2, 0.25) is 5.02 Å². The number of rotatable bonds is 4. The highest BCUT2D eigenvalue weighted by molar-refractivity contribution is 7.99. The summed E-state index contributed by atoms with van der Waals surface area (Å²) in [7, 11) is 0. The first-order valence-corrected chi connectivity index (χ1v) is 6.98. The molecule has 1 aromatic heterocycles. The number of nitrogens with zero attached hydrogens (tertiary/aromatic N) is 2. The second-order valence-corrected chi connectivity index (χ2v) is 5.25. The van der Waals surface area contributed by atoms with Crippen LogP contribution in [0.4, 0.5) is 0 Å². The monoisotopic (exact) mass is 304 g/mol. The molecule has 0 saturated heterocycles. The van der Waals surface area contributed by atoms with E-state index >= 15 is 0 Å². The third kappa shape index (κ3) is 3.50. The summed E-state index contributed by atoms with van der Waals surface area (Å²) < 4.78 is 0. The molecule has 2 aromatic rings. The summed E-state index contributed by atoms with van der Waals surface area (Å²) in [4.78, 5) is 15.0. The normalized spacial score (nSPS) is 10.0. The molecule has 0 unspecified atom stereocenters. The van der Waals surface area contributed by atoms with Crippen molar-refractivity contribution < 1.29 is 9.90 Å². The number of halogens is 1. The summed E-state index contributed by atoms with van der Waals surface area (Å²) in [5.74, 6) is -1.08. The number of carboxylic acids is 1. The Bertz CT molecular complexity index is 681. The number of thioether (sulfide) groups is 1. The summed E-state index contributed by atoms with van der Waals surface area (Å²) >= 11 is 6.86. The Morgan fingerprint density at radius 1 is 1.30 bits per heavy atom. The zero-order valence-corrected chi connectivity index (χ0v) is 11.8. The molecule has 20 heavy (non-hydrogen) atoms. The molecule has 0 amide bonds. The van der Waals surface area contributed by atoms with E-state index in [9.17, 15) is 4.79 Å². The summed E-state index contributed by atoms with van der Waals surface area (Å²) in [5.41, 5.74) is 1.90. The summed E-state index contributed by atoms with van der Waals surface area (Å²) in [6.07, 6.45) is 0. The minimum absolute atomic E-state index is 0.133. The van der Waals surface area contributed by atoms with Gasteiger partial charge >= 0.3 is 5.97 Å². The van der Waals surface area contributed by atoms with Gasteiger partial charge in [-0.15, -0.1) is 0 Å².